The number of anilines is 1. The Kier molecular flexibility index (Phi) is 3.22. The molecule has 1 aliphatic rings. The van der Waals surface area contributed by atoms with E-state index in [0.29, 0.717) is 22.6 Å². The van der Waals surface area contributed by atoms with Crippen molar-refractivity contribution in [2.24, 2.45) is 0 Å². The third-order valence-electron chi connectivity index (χ3n) is 3.55. The Hall–Kier alpha value is -2.62. The summed E-state index contributed by atoms with van der Waals surface area (Å²) in [4.78, 5) is 12.3. The SMILES string of the molecule is CO/C(=C1/C(=O)Nc2cc(F)ccc21)c1ccccc1C. The number of hydrogen-bond donors (Lipinski definition) is 1. The minimum atomic E-state index is -0.384. The van der Waals surface area contributed by atoms with Gasteiger partial charge in [0.25, 0.3) is 5.91 Å². The molecule has 0 unspecified atom stereocenters. The Morgan fingerprint density at radius 2 is 1.95 bits per heavy atom. The van der Waals surface area contributed by atoms with Crippen LogP contribution in [0, 0.1) is 12.7 Å². The van der Waals surface area contributed by atoms with Crippen LogP contribution >= 0.6 is 0 Å². The number of amides is 1. The number of carbonyl (C=O) groups is 1. The highest BCUT2D eigenvalue weighted by molar-refractivity contribution is 6.36. The molecule has 0 saturated carbocycles. The van der Waals surface area contributed by atoms with Crippen molar-refractivity contribution in [3.05, 3.63) is 65.0 Å². The molecular weight excluding hydrogens is 269 g/mol. The molecule has 106 valence electrons. The minimum absolute atomic E-state index is 0.282. The maximum atomic E-state index is 13.3. The molecule has 0 fully saturated rings. The third-order valence-corrected chi connectivity index (χ3v) is 3.55. The second kappa shape index (κ2) is 5.05. The molecule has 0 radical (unpaired) electrons. The van der Waals surface area contributed by atoms with Gasteiger partial charge >= 0.3 is 0 Å². The Morgan fingerprint density at radius 3 is 2.67 bits per heavy atom. The van der Waals surface area contributed by atoms with Crippen LogP contribution in [0.1, 0.15) is 16.7 Å². The highest BCUT2D eigenvalue weighted by Crippen LogP contribution is 2.38. The number of rotatable bonds is 2. The number of carbonyl (C=O) groups excluding carboxylic acids is 1. The Labute approximate surface area is 122 Å². The van der Waals surface area contributed by atoms with E-state index in [1.807, 2.05) is 31.2 Å². The molecule has 3 rings (SSSR count). The van der Waals surface area contributed by atoms with Gasteiger partial charge in [-0.2, -0.15) is 0 Å². The third kappa shape index (κ3) is 2.18. The fourth-order valence-corrected chi connectivity index (χ4v) is 2.54. The number of benzene rings is 2. The molecule has 0 spiro atoms. The van der Waals surface area contributed by atoms with Gasteiger partial charge in [-0.3, -0.25) is 4.79 Å². The van der Waals surface area contributed by atoms with E-state index in [0.717, 1.165) is 11.1 Å². The largest absolute Gasteiger partial charge is 0.495 e. The monoisotopic (exact) mass is 283 g/mol. The van der Waals surface area contributed by atoms with Gasteiger partial charge in [0, 0.05) is 11.1 Å². The Balaban J connectivity index is 2.26. The number of aryl methyl sites for hydroxylation is 1. The Bertz CT molecular complexity index is 765. The van der Waals surface area contributed by atoms with Crippen LogP contribution in [0.4, 0.5) is 10.1 Å². The highest BCUT2D eigenvalue weighted by Gasteiger charge is 2.29. The lowest BCUT2D eigenvalue weighted by molar-refractivity contribution is -0.110. The van der Waals surface area contributed by atoms with Gasteiger partial charge in [-0.1, -0.05) is 24.3 Å². The zero-order chi connectivity index (χ0) is 15.0. The summed E-state index contributed by atoms with van der Waals surface area (Å²) in [5, 5.41) is 2.68. The fourth-order valence-electron chi connectivity index (χ4n) is 2.54. The van der Waals surface area contributed by atoms with Crippen molar-refractivity contribution in [3.8, 4) is 0 Å². The summed E-state index contributed by atoms with van der Waals surface area (Å²) < 4.78 is 18.8. The van der Waals surface area contributed by atoms with Crippen LogP contribution in [-0.2, 0) is 9.53 Å². The first-order valence-corrected chi connectivity index (χ1v) is 6.57. The molecule has 0 bridgehead atoms. The summed E-state index contributed by atoms with van der Waals surface area (Å²) >= 11 is 0. The molecule has 3 nitrogen and oxygen atoms in total. The lowest BCUT2D eigenvalue weighted by Crippen LogP contribution is -2.07. The number of methoxy groups -OCH3 is 1. The first-order valence-electron chi connectivity index (χ1n) is 6.57. The van der Waals surface area contributed by atoms with Crippen LogP contribution in [0.5, 0.6) is 0 Å². The van der Waals surface area contributed by atoms with Crippen LogP contribution < -0.4 is 5.32 Å². The Morgan fingerprint density at radius 1 is 1.19 bits per heavy atom. The van der Waals surface area contributed by atoms with E-state index in [9.17, 15) is 9.18 Å². The smallest absolute Gasteiger partial charge is 0.260 e. The van der Waals surface area contributed by atoms with Crippen molar-refractivity contribution in [1.29, 1.82) is 0 Å². The molecular formula is C17H14FNO2. The van der Waals surface area contributed by atoms with E-state index in [1.165, 1.54) is 19.2 Å². The van der Waals surface area contributed by atoms with E-state index in [1.54, 1.807) is 6.07 Å². The predicted octanol–water partition coefficient (Wildman–Crippen LogP) is 3.60. The first-order chi connectivity index (χ1) is 10.1. The summed E-state index contributed by atoms with van der Waals surface area (Å²) in [6.07, 6.45) is 0. The maximum absolute atomic E-state index is 13.3. The van der Waals surface area contributed by atoms with Gasteiger partial charge in [0.15, 0.2) is 0 Å². The molecule has 1 heterocycles. The van der Waals surface area contributed by atoms with Gasteiger partial charge in [-0.15, -0.1) is 0 Å². The van der Waals surface area contributed by atoms with Gasteiger partial charge in [-0.05, 0) is 30.7 Å². The van der Waals surface area contributed by atoms with Crippen LogP contribution in [0.15, 0.2) is 42.5 Å². The summed E-state index contributed by atoms with van der Waals surface area (Å²) in [5.74, 6) is -0.170. The van der Waals surface area contributed by atoms with E-state index >= 15 is 0 Å². The van der Waals surface area contributed by atoms with Gasteiger partial charge in [-0.25, -0.2) is 4.39 Å². The highest BCUT2D eigenvalue weighted by atomic mass is 19.1. The molecule has 1 amide bonds. The van der Waals surface area contributed by atoms with Crippen LogP contribution in [0.2, 0.25) is 0 Å². The molecule has 2 aromatic rings. The zero-order valence-corrected chi connectivity index (χ0v) is 11.7. The molecule has 0 atom stereocenters. The normalized spacial score (nSPS) is 15.5. The van der Waals surface area contributed by atoms with Crippen molar-refractivity contribution < 1.29 is 13.9 Å². The summed E-state index contributed by atoms with van der Waals surface area (Å²) in [6.45, 7) is 1.95. The quantitative estimate of drug-likeness (QED) is 0.675. The van der Waals surface area contributed by atoms with Gasteiger partial charge in [0.2, 0.25) is 0 Å². The van der Waals surface area contributed by atoms with E-state index in [4.69, 9.17) is 4.74 Å². The molecule has 2 aromatic carbocycles. The number of halogens is 1. The van der Waals surface area contributed by atoms with Gasteiger partial charge in [0.05, 0.1) is 18.4 Å². The van der Waals surface area contributed by atoms with Crippen LogP contribution in [0.3, 0.4) is 0 Å². The van der Waals surface area contributed by atoms with Crippen LogP contribution in [0.25, 0.3) is 11.3 Å². The van der Waals surface area contributed by atoms with Crippen LogP contribution in [-0.4, -0.2) is 13.0 Å². The first kappa shape index (κ1) is 13.4. The molecule has 21 heavy (non-hydrogen) atoms. The number of nitrogens with one attached hydrogen (secondary N) is 1. The van der Waals surface area contributed by atoms with Crippen molar-refractivity contribution in [2.75, 3.05) is 12.4 Å². The number of ether oxygens (including phenoxy) is 1. The fraction of sp³-hybridized carbons (Fsp3) is 0.118. The van der Waals surface area contributed by atoms with E-state index in [2.05, 4.69) is 5.32 Å². The summed E-state index contributed by atoms with van der Waals surface area (Å²) in [7, 11) is 1.53. The van der Waals surface area contributed by atoms with Crippen molar-refractivity contribution >= 4 is 22.9 Å². The minimum Gasteiger partial charge on any atom is -0.495 e. The second-order valence-corrected chi connectivity index (χ2v) is 4.87. The molecule has 0 saturated heterocycles. The predicted molar refractivity (Wildman–Crippen MR) is 80.0 cm³/mol. The lowest BCUT2D eigenvalue weighted by Gasteiger charge is -2.12. The van der Waals surface area contributed by atoms with Gasteiger partial charge < -0.3 is 10.1 Å². The summed E-state index contributed by atoms with van der Waals surface area (Å²) in [5.41, 5.74) is 3.41. The average Bonchev–Trinajstić information content (AvgIpc) is 2.77. The van der Waals surface area contributed by atoms with E-state index < -0.39 is 0 Å². The molecule has 4 heteroatoms. The van der Waals surface area contributed by atoms with Crippen molar-refractivity contribution in [1.82, 2.24) is 0 Å². The van der Waals surface area contributed by atoms with E-state index in [-0.39, 0.29) is 11.7 Å². The number of fused-ring (bicyclic) bond motifs is 1. The molecule has 1 aliphatic heterocycles. The maximum Gasteiger partial charge on any atom is 0.260 e. The molecule has 0 aliphatic carbocycles. The van der Waals surface area contributed by atoms with Gasteiger partial charge in [0.1, 0.15) is 11.6 Å². The average molecular weight is 283 g/mol. The molecule has 0 aromatic heterocycles. The molecule has 1 N–H and O–H groups in total. The zero-order valence-electron chi connectivity index (χ0n) is 11.7. The van der Waals surface area contributed by atoms with Crippen molar-refractivity contribution in [3.63, 3.8) is 0 Å². The lowest BCUT2D eigenvalue weighted by atomic mass is 9.99. The summed E-state index contributed by atoms with van der Waals surface area (Å²) in [6, 6.07) is 11.9. The topological polar surface area (TPSA) is 38.3 Å². The second-order valence-electron chi connectivity index (χ2n) is 4.87. The number of hydrogen-bond acceptors (Lipinski definition) is 2. The van der Waals surface area contributed by atoms with Crippen molar-refractivity contribution in [2.45, 2.75) is 6.92 Å². The standard InChI is InChI=1S/C17H14FNO2/c1-10-5-3-4-6-12(10)16(21-2)15-13-8-7-11(18)9-14(13)19-17(15)20/h3-9H,1-2H3,(H,19,20)/b16-15+.